The maximum absolute atomic E-state index is 5.74. The van der Waals surface area contributed by atoms with Crippen LogP contribution in [0.4, 0.5) is 0 Å². The van der Waals surface area contributed by atoms with Gasteiger partial charge in [0, 0.05) is 23.5 Å². The van der Waals surface area contributed by atoms with Gasteiger partial charge in [0.15, 0.2) is 0 Å². The molecular formula is C18H22N4O2. The fourth-order valence-electron chi connectivity index (χ4n) is 3.25. The average Bonchev–Trinajstić information content (AvgIpc) is 3.17. The summed E-state index contributed by atoms with van der Waals surface area (Å²) >= 11 is 0. The molecule has 126 valence electrons. The molecule has 1 atom stereocenters. The topological polar surface area (TPSA) is 65.0 Å². The van der Waals surface area contributed by atoms with Gasteiger partial charge in [-0.25, -0.2) is 9.67 Å². The molecule has 0 radical (unpaired) electrons. The van der Waals surface area contributed by atoms with Crippen LogP contribution in [-0.4, -0.2) is 45.7 Å². The van der Waals surface area contributed by atoms with Crippen LogP contribution >= 0.6 is 0 Å². The lowest BCUT2D eigenvalue weighted by Crippen LogP contribution is -2.33. The number of H-pyrrole nitrogens is 1. The van der Waals surface area contributed by atoms with Crippen LogP contribution in [0.5, 0.6) is 0 Å². The van der Waals surface area contributed by atoms with Gasteiger partial charge in [-0.3, -0.25) is 0 Å². The third-order valence-electron chi connectivity index (χ3n) is 4.41. The van der Waals surface area contributed by atoms with E-state index >= 15 is 0 Å². The molecule has 3 aromatic rings. The monoisotopic (exact) mass is 326 g/mol. The van der Waals surface area contributed by atoms with E-state index in [0.717, 1.165) is 24.5 Å². The molecule has 0 bridgehead atoms. The summed E-state index contributed by atoms with van der Waals surface area (Å²) in [6, 6.07) is 8.39. The lowest BCUT2D eigenvalue weighted by Gasteiger charge is -2.23. The summed E-state index contributed by atoms with van der Waals surface area (Å²) in [5.74, 6) is 1.81. The van der Waals surface area contributed by atoms with Crippen molar-refractivity contribution in [3.8, 4) is 0 Å². The van der Waals surface area contributed by atoms with E-state index < -0.39 is 0 Å². The largest absolute Gasteiger partial charge is 0.376 e. The van der Waals surface area contributed by atoms with Gasteiger partial charge in [0.1, 0.15) is 17.8 Å². The van der Waals surface area contributed by atoms with Gasteiger partial charge >= 0.3 is 0 Å². The third kappa shape index (κ3) is 3.20. The molecule has 24 heavy (non-hydrogen) atoms. The Morgan fingerprint density at radius 3 is 3.04 bits per heavy atom. The Balaban J connectivity index is 1.48. The number of fused-ring (bicyclic) bond motifs is 1. The standard InChI is InChI=1S/C18H22N4O2/c1-13-20-18(22(21-13)11-15-12-23-8-9-24-15)7-6-14-10-19-17-5-3-2-4-16(14)17/h2-5,10,15,19H,6-9,11-12H2,1H3/t15-/m0/s1. The summed E-state index contributed by atoms with van der Waals surface area (Å²) in [5.41, 5.74) is 2.49. The summed E-state index contributed by atoms with van der Waals surface area (Å²) < 4.78 is 13.2. The van der Waals surface area contributed by atoms with Gasteiger partial charge in [-0.15, -0.1) is 0 Å². The fraction of sp³-hybridized carbons (Fsp3) is 0.444. The molecular weight excluding hydrogens is 304 g/mol. The zero-order valence-electron chi connectivity index (χ0n) is 13.9. The molecule has 1 aliphatic rings. The number of aromatic nitrogens is 4. The molecule has 1 saturated heterocycles. The first-order valence-electron chi connectivity index (χ1n) is 8.44. The number of nitrogens with zero attached hydrogens (tertiary/aromatic N) is 3. The fourth-order valence-corrected chi connectivity index (χ4v) is 3.25. The summed E-state index contributed by atoms with van der Waals surface area (Å²) in [6.45, 7) is 4.60. The van der Waals surface area contributed by atoms with E-state index in [4.69, 9.17) is 9.47 Å². The Bertz CT molecular complexity index is 817. The van der Waals surface area contributed by atoms with Gasteiger partial charge in [0.2, 0.25) is 0 Å². The van der Waals surface area contributed by atoms with Crippen molar-refractivity contribution in [2.24, 2.45) is 0 Å². The first-order valence-corrected chi connectivity index (χ1v) is 8.44. The highest BCUT2D eigenvalue weighted by Crippen LogP contribution is 2.19. The molecule has 2 aromatic heterocycles. The minimum absolute atomic E-state index is 0.0617. The lowest BCUT2D eigenvalue weighted by molar-refractivity contribution is -0.0949. The van der Waals surface area contributed by atoms with E-state index in [-0.39, 0.29) is 6.10 Å². The van der Waals surface area contributed by atoms with Gasteiger partial charge in [-0.2, -0.15) is 5.10 Å². The molecule has 1 N–H and O–H groups in total. The normalized spacial score (nSPS) is 18.3. The second-order valence-electron chi connectivity index (χ2n) is 6.18. The van der Waals surface area contributed by atoms with E-state index in [2.05, 4.69) is 45.5 Å². The molecule has 1 aromatic carbocycles. The zero-order valence-corrected chi connectivity index (χ0v) is 13.9. The van der Waals surface area contributed by atoms with E-state index in [1.807, 2.05) is 11.6 Å². The molecule has 3 heterocycles. The minimum atomic E-state index is 0.0617. The van der Waals surface area contributed by atoms with E-state index in [0.29, 0.717) is 26.4 Å². The van der Waals surface area contributed by atoms with Crippen LogP contribution in [0.1, 0.15) is 17.2 Å². The number of rotatable bonds is 5. The van der Waals surface area contributed by atoms with Gasteiger partial charge in [0.25, 0.3) is 0 Å². The molecule has 0 unspecified atom stereocenters. The Hall–Kier alpha value is -2.18. The molecule has 6 heteroatoms. The first kappa shape index (κ1) is 15.4. The summed E-state index contributed by atoms with van der Waals surface area (Å²) in [5, 5.41) is 5.81. The molecule has 1 fully saturated rings. The quantitative estimate of drug-likeness (QED) is 0.781. The number of aryl methyl sites for hydroxylation is 3. The Morgan fingerprint density at radius 2 is 2.17 bits per heavy atom. The van der Waals surface area contributed by atoms with E-state index in [1.54, 1.807) is 0 Å². The summed E-state index contributed by atoms with van der Waals surface area (Å²) in [6.07, 6.45) is 3.95. The molecule has 0 amide bonds. The third-order valence-corrected chi connectivity index (χ3v) is 4.41. The van der Waals surface area contributed by atoms with Crippen LogP contribution in [0, 0.1) is 6.92 Å². The highest BCUT2D eigenvalue weighted by atomic mass is 16.6. The number of nitrogens with one attached hydrogen (secondary N) is 1. The Kier molecular flexibility index (Phi) is 4.32. The van der Waals surface area contributed by atoms with Crippen molar-refractivity contribution in [2.75, 3.05) is 19.8 Å². The van der Waals surface area contributed by atoms with Crippen LogP contribution in [-0.2, 0) is 28.9 Å². The predicted molar refractivity (Wildman–Crippen MR) is 91.0 cm³/mol. The number of hydrogen-bond acceptors (Lipinski definition) is 4. The lowest BCUT2D eigenvalue weighted by atomic mass is 10.1. The molecule has 0 saturated carbocycles. The number of aromatic amines is 1. The van der Waals surface area contributed by atoms with E-state index in [1.165, 1.54) is 16.5 Å². The smallest absolute Gasteiger partial charge is 0.147 e. The molecule has 4 rings (SSSR count). The van der Waals surface area contributed by atoms with E-state index in [9.17, 15) is 0 Å². The second kappa shape index (κ2) is 6.75. The van der Waals surface area contributed by atoms with Gasteiger partial charge < -0.3 is 14.5 Å². The Morgan fingerprint density at radius 1 is 1.25 bits per heavy atom. The van der Waals surface area contributed by atoms with Crippen molar-refractivity contribution in [3.63, 3.8) is 0 Å². The van der Waals surface area contributed by atoms with Crippen molar-refractivity contribution in [1.29, 1.82) is 0 Å². The van der Waals surface area contributed by atoms with Crippen LogP contribution in [0.15, 0.2) is 30.5 Å². The van der Waals surface area contributed by atoms with Crippen molar-refractivity contribution >= 4 is 10.9 Å². The van der Waals surface area contributed by atoms with Crippen molar-refractivity contribution in [3.05, 3.63) is 47.7 Å². The number of hydrogen-bond donors (Lipinski definition) is 1. The zero-order chi connectivity index (χ0) is 16.4. The van der Waals surface area contributed by atoms with Gasteiger partial charge in [-0.1, -0.05) is 18.2 Å². The van der Waals surface area contributed by atoms with Crippen molar-refractivity contribution in [2.45, 2.75) is 32.4 Å². The second-order valence-corrected chi connectivity index (χ2v) is 6.18. The van der Waals surface area contributed by atoms with Crippen LogP contribution in [0.25, 0.3) is 10.9 Å². The summed E-state index contributed by atoms with van der Waals surface area (Å²) in [7, 11) is 0. The minimum Gasteiger partial charge on any atom is -0.376 e. The highest BCUT2D eigenvalue weighted by molar-refractivity contribution is 5.83. The maximum Gasteiger partial charge on any atom is 0.147 e. The molecule has 0 aliphatic carbocycles. The predicted octanol–water partition coefficient (Wildman–Crippen LogP) is 2.27. The Labute approximate surface area is 140 Å². The van der Waals surface area contributed by atoms with Crippen LogP contribution < -0.4 is 0 Å². The molecule has 0 spiro atoms. The van der Waals surface area contributed by atoms with Crippen LogP contribution in [0.2, 0.25) is 0 Å². The van der Waals surface area contributed by atoms with Crippen LogP contribution in [0.3, 0.4) is 0 Å². The maximum atomic E-state index is 5.74. The highest BCUT2D eigenvalue weighted by Gasteiger charge is 2.18. The number of benzene rings is 1. The van der Waals surface area contributed by atoms with Crippen molar-refractivity contribution in [1.82, 2.24) is 19.7 Å². The summed E-state index contributed by atoms with van der Waals surface area (Å²) in [4.78, 5) is 7.93. The number of para-hydroxylation sites is 1. The van der Waals surface area contributed by atoms with Gasteiger partial charge in [-0.05, 0) is 25.0 Å². The van der Waals surface area contributed by atoms with Crippen molar-refractivity contribution < 1.29 is 9.47 Å². The number of ether oxygens (including phenoxy) is 2. The average molecular weight is 326 g/mol. The molecule has 6 nitrogen and oxygen atoms in total. The van der Waals surface area contributed by atoms with Gasteiger partial charge in [0.05, 0.1) is 26.4 Å². The first-order chi connectivity index (χ1) is 11.8. The SMILES string of the molecule is Cc1nc(CCc2c[nH]c3ccccc23)n(C[C@H]2COCCO2)n1. The molecule has 1 aliphatic heterocycles.